The van der Waals surface area contributed by atoms with Gasteiger partial charge in [-0.15, -0.1) is 0 Å². The highest BCUT2D eigenvalue weighted by molar-refractivity contribution is 5.82. The summed E-state index contributed by atoms with van der Waals surface area (Å²) in [5.74, 6) is 0. The summed E-state index contributed by atoms with van der Waals surface area (Å²) < 4.78 is 0. The summed E-state index contributed by atoms with van der Waals surface area (Å²) >= 11 is 0. The zero-order valence-corrected chi connectivity index (χ0v) is 11.9. The molecule has 2 aromatic rings. The smallest absolute Gasteiger partial charge is 0.0208 e. The van der Waals surface area contributed by atoms with Crippen molar-refractivity contribution in [1.82, 2.24) is 10.6 Å². The van der Waals surface area contributed by atoms with Crippen LogP contribution in [0.4, 0.5) is 0 Å². The Hall–Kier alpha value is -1.38. The first kappa shape index (κ1) is 14.0. The summed E-state index contributed by atoms with van der Waals surface area (Å²) in [4.78, 5) is 0. The predicted octanol–water partition coefficient (Wildman–Crippen LogP) is 3.32. The second-order valence-corrected chi connectivity index (χ2v) is 5.17. The zero-order valence-electron chi connectivity index (χ0n) is 11.9. The number of nitrogens with one attached hydrogen (secondary N) is 2. The van der Waals surface area contributed by atoms with E-state index in [4.69, 9.17) is 0 Å². The average molecular weight is 256 g/mol. The van der Waals surface area contributed by atoms with Gasteiger partial charge in [0.2, 0.25) is 0 Å². The van der Waals surface area contributed by atoms with Gasteiger partial charge in [-0.1, -0.05) is 43.3 Å². The molecule has 0 bridgehead atoms. The molecule has 0 amide bonds. The van der Waals surface area contributed by atoms with Gasteiger partial charge < -0.3 is 10.6 Å². The van der Waals surface area contributed by atoms with Crippen LogP contribution >= 0.6 is 0 Å². The first-order chi connectivity index (χ1) is 9.29. The maximum absolute atomic E-state index is 3.56. The minimum Gasteiger partial charge on any atom is -0.315 e. The SMILES string of the molecule is CCCNCC(C)NCc1ccc2ccccc2c1. The molecule has 102 valence electrons. The fourth-order valence-corrected chi connectivity index (χ4v) is 2.21. The molecule has 1 atom stereocenters. The molecule has 0 radical (unpaired) electrons. The van der Waals surface area contributed by atoms with Gasteiger partial charge in [0.1, 0.15) is 0 Å². The Kier molecular flexibility index (Phi) is 5.37. The van der Waals surface area contributed by atoms with Crippen molar-refractivity contribution in [2.24, 2.45) is 0 Å². The lowest BCUT2D eigenvalue weighted by molar-refractivity contribution is 0.501. The number of rotatable bonds is 7. The molecule has 2 heteroatoms. The lowest BCUT2D eigenvalue weighted by Crippen LogP contribution is -2.36. The van der Waals surface area contributed by atoms with Crippen LogP contribution in [0.15, 0.2) is 42.5 Å². The van der Waals surface area contributed by atoms with Crippen molar-refractivity contribution < 1.29 is 0 Å². The molecule has 0 heterocycles. The van der Waals surface area contributed by atoms with E-state index in [1.54, 1.807) is 0 Å². The number of fused-ring (bicyclic) bond motifs is 1. The van der Waals surface area contributed by atoms with E-state index in [1.165, 1.54) is 22.8 Å². The maximum atomic E-state index is 3.56. The van der Waals surface area contributed by atoms with Crippen molar-refractivity contribution in [1.29, 1.82) is 0 Å². The van der Waals surface area contributed by atoms with E-state index in [-0.39, 0.29) is 0 Å². The van der Waals surface area contributed by atoms with Gasteiger partial charge in [-0.3, -0.25) is 0 Å². The average Bonchev–Trinajstić information content (AvgIpc) is 2.45. The molecule has 0 spiro atoms. The maximum Gasteiger partial charge on any atom is 0.0208 e. The summed E-state index contributed by atoms with van der Waals surface area (Å²) in [7, 11) is 0. The van der Waals surface area contributed by atoms with Crippen LogP contribution in [0.2, 0.25) is 0 Å². The molecule has 0 saturated carbocycles. The van der Waals surface area contributed by atoms with Crippen molar-refractivity contribution in [3.8, 4) is 0 Å². The Balaban J connectivity index is 1.87. The van der Waals surface area contributed by atoms with Crippen LogP contribution in [0.5, 0.6) is 0 Å². The van der Waals surface area contributed by atoms with E-state index in [0.29, 0.717) is 6.04 Å². The van der Waals surface area contributed by atoms with E-state index in [2.05, 4.69) is 66.9 Å². The third-order valence-electron chi connectivity index (χ3n) is 3.35. The normalized spacial score (nSPS) is 12.7. The number of hydrogen-bond acceptors (Lipinski definition) is 2. The van der Waals surface area contributed by atoms with Crippen LogP contribution in [0.25, 0.3) is 10.8 Å². The first-order valence-corrected chi connectivity index (χ1v) is 7.21. The molecule has 0 aliphatic carbocycles. The molecule has 19 heavy (non-hydrogen) atoms. The Morgan fingerprint density at radius 3 is 2.63 bits per heavy atom. The fraction of sp³-hybridized carbons (Fsp3) is 0.412. The van der Waals surface area contributed by atoms with E-state index >= 15 is 0 Å². The van der Waals surface area contributed by atoms with Crippen LogP contribution in [-0.2, 0) is 6.54 Å². The zero-order chi connectivity index (χ0) is 13.5. The van der Waals surface area contributed by atoms with Gasteiger partial charge in [0, 0.05) is 19.1 Å². The summed E-state index contributed by atoms with van der Waals surface area (Å²) in [6.45, 7) is 7.48. The van der Waals surface area contributed by atoms with Crippen LogP contribution in [0, 0.1) is 0 Å². The molecule has 2 rings (SSSR count). The van der Waals surface area contributed by atoms with E-state index < -0.39 is 0 Å². The number of benzene rings is 2. The van der Waals surface area contributed by atoms with Crippen molar-refractivity contribution in [3.63, 3.8) is 0 Å². The highest BCUT2D eigenvalue weighted by Crippen LogP contribution is 2.15. The Labute approximate surface area is 116 Å². The van der Waals surface area contributed by atoms with Gasteiger partial charge in [0.25, 0.3) is 0 Å². The standard InChI is InChI=1S/C17H24N2/c1-3-10-18-12-14(2)19-13-15-8-9-16-6-4-5-7-17(16)11-15/h4-9,11,14,18-19H,3,10,12-13H2,1-2H3. The van der Waals surface area contributed by atoms with Gasteiger partial charge in [-0.2, -0.15) is 0 Å². The Morgan fingerprint density at radius 2 is 1.84 bits per heavy atom. The lowest BCUT2D eigenvalue weighted by atomic mass is 10.1. The molecule has 0 aliphatic heterocycles. The van der Waals surface area contributed by atoms with Crippen LogP contribution in [0.3, 0.4) is 0 Å². The lowest BCUT2D eigenvalue weighted by Gasteiger charge is -2.14. The van der Waals surface area contributed by atoms with Crippen molar-refractivity contribution >= 4 is 10.8 Å². The summed E-state index contributed by atoms with van der Waals surface area (Å²) in [6, 6.07) is 15.7. The molecular formula is C17H24N2. The molecule has 1 unspecified atom stereocenters. The molecule has 0 fully saturated rings. The van der Waals surface area contributed by atoms with Gasteiger partial charge >= 0.3 is 0 Å². The molecule has 0 saturated heterocycles. The minimum atomic E-state index is 0.498. The van der Waals surface area contributed by atoms with Crippen LogP contribution in [0.1, 0.15) is 25.8 Å². The van der Waals surface area contributed by atoms with Crippen molar-refractivity contribution in [3.05, 3.63) is 48.0 Å². The van der Waals surface area contributed by atoms with Crippen LogP contribution in [-0.4, -0.2) is 19.1 Å². The monoisotopic (exact) mass is 256 g/mol. The molecule has 0 aliphatic rings. The quantitative estimate of drug-likeness (QED) is 0.743. The summed E-state index contributed by atoms with van der Waals surface area (Å²) in [5, 5.41) is 9.63. The largest absolute Gasteiger partial charge is 0.315 e. The third kappa shape index (κ3) is 4.34. The second-order valence-electron chi connectivity index (χ2n) is 5.17. The van der Waals surface area contributed by atoms with E-state index in [9.17, 15) is 0 Å². The Morgan fingerprint density at radius 1 is 1.05 bits per heavy atom. The highest BCUT2D eigenvalue weighted by atomic mass is 15.0. The molecular weight excluding hydrogens is 232 g/mol. The van der Waals surface area contributed by atoms with Gasteiger partial charge in [0.15, 0.2) is 0 Å². The topological polar surface area (TPSA) is 24.1 Å². The minimum absolute atomic E-state index is 0.498. The predicted molar refractivity (Wildman–Crippen MR) is 83.4 cm³/mol. The van der Waals surface area contributed by atoms with Crippen LogP contribution < -0.4 is 10.6 Å². The highest BCUT2D eigenvalue weighted by Gasteiger charge is 2.01. The van der Waals surface area contributed by atoms with E-state index in [0.717, 1.165) is 19.6 Å². The summed E-state index contributed by atoms with van der Waals surface area (Å²) in [5.41, 5.74) is 1.35. The van der Waals surface area contributed by atoms with Crippen molar-refractivity contribution in [2.75, 3.05) is 13.1 Å². The second kappa shape index (κ2) is 7.27. The first-order valence-electron chi connectivity index (χ1n) is 7.21. The van der Waals surface area contributed by atoms with Crippen molar-refractivity contribution in [2.45, 2.75) is 32.9 Å². The Bertz CT molecular complexity index is 507. The number of hydrogen-bond donors (Lipinski definition) is 2. The molecule has 2 nitrogen and oxygen atoms in total. The fourth-order valence-electron chi connectivity index (χ4n) is 2.21. The summed E-state index contributed by atoms with van der Waals surface area (Å²) in [6.07, 6.45) is 1.19. The van der Waals surface area contributed by atoms with Gasteiger partial charge in [-0.05, 0) is 42.3 Å². The third-order valence-corrected chi connectivity index (χ3v) is 3.35. The van der Waals surface area contributed by atoms with Gasteiger partial charge in [-0.25, -0.2) is 0 Å². The molecule has 2 aromatic carbocycles. The molecule has 2 N–H and O–H groups in total. The molecule has 0 aromatic heterocycles. The van der Waals surface area contributed by atoms with Gasteiger partial charge in [0.05, 0.1) is 0 Å². The van der Waals surface area contributed by atoms with E-state index in [1.807, 2.05) is 0 Å².